The fourth-order valence-corrected chi connectivity index (χ4v) is 2.31. The van der Waals surface area contributed by atoms with Gasteiger partial charge in [0, 0.05) is 20.3 Å². The third-order valence-corrected chi connectivity index (χ3v) is 3.70. The zero-order valence-corrected chi connectivity index (χ0v) is 14.7. The highest BCUT2D eigenvalue weighted by Gasteiger charge is 2.18. The zero-order chi connectivity index (χ0) is 15.6. The molecule has 21 heavy (non-hydrogen) atoms. The molecule has 0 spiro atoms. The number of rotatable bonds is 17. The molecule has 0 N–H and O–H groups in total. The Morgan fingerprint density at radius 2 is 0.952 bits per heavy atom. The van der Waals surface area contributed by atoms with Gasteiger partial charge in [-0.1, -0.05) is 78.1 Å². The van der Waals surface area contributed by atoms with Crippen molar-refractivity contribution in [2.24, 2.45) is 0 Å². The third-order valence-electron chi connectivity index (χ3n) is 3.70. The zero-order valence-electron chi connectivity index (χ0n) is 14.7. The van der Waals surface area contributed by atoms with Crippen LogP contribution in [0.2, 0.25) is 0 Å². The van der Waals surface area contributed by atoms with Gasteiger partial charge in [0.05, 0.1) is 0 Å². The van der Waals surface area contributed by atoms with E-state index in [0.717, 1.165) is 26.1 Å². The van der Waals surface area contributed by atoms with Gasteiger partial charge in [-0.2, -0.15) is 0 Å². The van der Waals surface area contributed by atoms with Crippen LogP contribution in [0.5, 0.6) is 0 Å². The Kier molecular flexibility index (Phi) is 17.9. The summed E-state index contributed by atoms with van der Waals surface area (Å²) in [6, 6.07) is 0. The Morgan fingerprint density at radius 3 is 1.33 bits per heavy atom. The van der Waals surface area contributed by atoms with Crippen molar-refractivity contribution in [1.82, 2.24) is 0 Å². The summed E-state index contributed by atoms with van der Waals surface area (Å²) in [5.41, 5.74) is 0. The van der Waals surface area contributed by atoms with Crippen molar-refractivity contribution in [2.45, 2.75) is 90.9 Å². The molecule has 0 bridgehead atoms. The highest BCUT2D eigenvalue weighted by molar-refractivity contribution is 6.36. The van der Waals surface area contributed by atoms with E-state index in [1.165, 1.54) is 64.2 Å². The van der Waals surface area contributed by atoms with Crippen LogP contribution in [0.1, 0.15) is 90.9 Å². The molecule has 0 radical (unpaired) electrons. The molecule has 0 atom stereocenters. The van der Waals surface area contributed by atoms with Crippen LogP contribution in [0.4, 0.5) is 0 Å². The maximum atomic E-state index is 5.60. The smallest absolute Gasteiger partial charge is 0.389 e. The Morgan fingerprint density at radius 1 is 0.571 bits per heavy atom. The van der Waals surface area contributed by atoms with Crippen molar-refractivity contribution in [3.05, 3.63) is 0 Å². The minimum Gasteiger partial charge on any atom is -0.389 e. The second-order valence-corrected chi connectivity index (χ2v) is 5.80. The maximum Gasteiger partial charge on any atom is 0.639 e. The molecular formula is C17H37BO3. The van der Waals surface area contributed by atoms with Gasteiger partial charge in [0.15, 0.2) is 0 Å². The quantitative estimate of drug-likeness (QED) is 0.267. The van der Waals surface area contributed by atoms with Crippen molar-refractivity contribution in [3.8, 4) is 0 Å². The first-order chi connectivity index (χ1) is 10.3. The number of hydrogen-bond acceptors (Lipinski definition) is 3. The molecule has 0 aromatic carbocycles. The second kappa shape index (κ2) is 18.0. The summed E-state index contributed by atoms with van der Waals surface area (Å²) in [6.07, 6.45) is 15.3. The Labute approximate surface area is 133 Å². The first kappa shape index (κ1) is 20.9. The average molecular weight is 300 g/mol. The molecular weight excluding hydrogens is 263 g/mol. The minimum absolute atomic E-state index is 0.476. The molecule has 126 valence electrons. The van der Waals surface area contributed by atoms with Crippen LogP contribution >= 0.6 is 0 Å². The van der Waals surface area contributed by atoms with Crippen molar-refractivity contribution in [2.75, 3.05) is 20.3 Å². The molecule has 0 aliphatic heterocycles. The van der Waals surface area contributed by atoms with Gasteiger partial charge >= 0.3 is 7.32 Å². The Balaban J connectivity index is 3.29. The van der Waals surface area contributed by atoms with Gasteiger partial charge in [-0.3, -0.25) is 0 Å². The number of unbranched alkanes of at least 4 members (excludes halogenated alkanes) is 10. The molecule has 4 heteroatoms. The minimum atomic E-state index is -0.476. The van der Waals surface area contributed by atoms with Crippen LogP contribution in [0.15, 0.2) is 0 Å². The second-order valence-electron chi connectivity index (χ2n) is 5.80. The predicted molar refractivity (Wildman–Crippen MR) is 91.4 cm³/mol. The summed E-state index contributed by atoms with van der Waals surface area (Å²) in [5, 5.41) is 0. The summed E-state index contributed by atoms with van der Waals surface area (Å²) in [5.74, 6) is 0. The lowest BCUT2D eigenvalue weighted by atomic mass is 10.1. The molecule has 0 saturated carbocycles. The highest BCUT2D eigenvalue weighted by atomic mass is 16.7. The van der Waals surface area contributed by atoms with Gasteiger partial charge in [0.2, 0.25) is 0 Å². The number of hydrogen-bond donors (Lipinski definition) is 0. The van der Waals surface area contributed by atoms with E-state index in [4.69, 9.17) is 14.0 Å². The van der Waals surface area contributed by atoms with Crippen molar-refractivity contribution in [3.63, 3.8) is 0 Å². The Hall–Kier alpha value is -0.0551. The molecule has 0 heterocycles. The van der Waals surface area contributed by atoms with E-state index in [0.29, 0.717) is 0 Å². The summed E-state index contributed by atoms with van der Waals surface area (Å²) < 4.78 is 16.4. The van der Waals surface area contributed by atoms with Gasteiger partial charge < -0.3 is 14.0 Å². The van der Waals surface area contributed by atoms with E-state index in [1.807, 2.05) is 0 Å². The van der Waals surface area contributed by atoms with E-state index in [1.54, 1.807) is 7.11 Å². The van der Waals surface area contributed by atoms with E-state index in [-0.39, 0.29) is 0 Å². The van der Waals surface area contributed by atoms with Gasteiger partial charge in [-0.05, 0) is 12.8 Å². The molecule has 0 aromatic rings. The molecule has 0 aromatic heterocycles. The van der Waals surface area contributed by atoms with Crippen LogP contribution in [0, 0.1) is 0 Å². The van der Waals surface area contributed by atoms with E-state index >= 15 is 0 Å². The summed E-state index contributed by atoms with van der Waals surface area (Å²) >= 11 is 0. The van der Waals surface area contributed by atoms with Crippen molar-refractivity contribution in [1.29, 1.82) is 0 Å². The lowest BCUT2D eigenvalue weighted by molar-refractivity contribution is 0.109. The summed E-state index contributed by atoms with van der Waals surface area (Å²) in [6.45, 7) is 5.96. The van der Waals surface area contributed by atoms with Crippen LogP contribution in [0.3, 0.4) is 0 Å². The van der Waals surface area contributed by atoms with Crippen molar-refractivity contribution >= 4 is 7.32 Å². The molecule has 0 unspecified atom stereocenters. The molecule has 0 aliphatic carbocycles. The van der Waals surface area contributed by atoms with E-state index in [2.05, 4.69) is 13.8 Å². The van der Waals surface area contributed by atoms with E-state index in [9.17, 15) is 0 Å². The molecule has 0 rings (SSSR count). The van der Waals surface area contributed by atoms with Crippen LogP contribution < -0.4 is 0 Å². The predicted octanol–water partition coefficient (Wildman–Crippen LogP) is 5.37. The normalized spacial score (nSPS) is 11.0. The SMILES string of the molecule is CCCCCCCCOB(OC)OCCCCCCCC. The lowest BCUT2D eigenvalue weighted by Crippen LogP contribution is -2.26. The van der Waals surface area contributed by atoms with Crippen molar-refractivity contribution < 1.29 is 14.0 Å². The average Bonchev–Trinajstić information content (AvgIpc) is 2.51. The Bertz CT molecular complexity index is 173. The van der Waals surface area contributed by atoms with Gasteiger partial charge in [-0.15, -0.1) is 0 Å². The topological polar surface area (TPSA) is 27.7 Å². The summed E-state index contributed by atoms with van der Waals surface area (Å²) in [7, 11) is 1.17. The summed E-state index contributed by atoms with van der Waals surface area (Å²) in [4.78, 5) is 0. The van der Waals surface area contributed by atoms with Crippen LogP contribution in [0.25, 0.3) is 0 Å². The van der Waals surface area contributed by atoms with Gasteiger partial charge in [0.25, 0.3) is 0 Å². The third kappa shape index (κ3) is 16.1. The first-order valence-electron chi connectivity index (χ1n) is 9.11. The monoisotopic (exact) mass is 300 g/mol. The van der Waals surface area contributed by atoms with E-state index < -0.39 is 7.32 Å². The first-order valence-corrected chi connectivity index (χ1v) is 9.11. The molecule has 0 aliphatic rings. The molecule has 0 fully saturated rings. The van der Waals surface area contributed by atoms with Gasteiger partial charge in [-0.25, -0.2) is 0 Å². The highest BCUT2D eigenvalue weighted by Crippen LogP contribution is 2.07. The lowest BCUT2D eigenvalue weighted by Gasteiger charge is -2.12. The fraction of sp³-hybridized carbons (Fsp3) is 1.00. The maximum absolute atomic E-state index is 5.60. The molecule has 0 amide bonds. The molecule has 0 saturated heterocycles. The van der Waals surface area contributed by atoms with Gasteiger partial charge in [0.1, 0.15) is 0 Å². The standard InChI is InChI=1S/C17H37BO3/c1-4-6-8-10-12-14-16-20-18(19-3)21-17-15-13-11-9-7-5-2/h4-17H2,1-3H3. The van der Waals surface area contributed by atoms with Crippen LogP contribution in [-0.2, 0) is 14.0 Å². The molecule has 3 nitrogen and oxygen atoms in total. The fourth-order valence-electron chi connectivity index (χ4n) is 2.31. The van der Waals surface area contributed by atoms with Crippen LogP contribution in [-0.4, -0.2) is 27.6 Å². The largest absolute Gasteiger partial charge is 0.639 e.